The van der Waals surface area contributed by atoms with Crippen molar-refractivity contribution in [1.82, 2.24) is 4.90 Å². The molecule has 2 heterocycles. The molecule has 1 aromatic rings. The molecule has 0 saturated carbocycles. The molecule has 2 fully saturated rings. The zero-order valence-electron chi connectivity index (χ0n) is 15.9. The number of non-ortho nitro benzene ring substituents is 1. The highest BCUT2D eigenvalue weighted by Crippen LogP contribution is 2.32. The molecule has 2 amide bonds. The molecule has 150 valence electrons. The molecule has 2 aliphatic rings. The van der Waals surface area contributed by atoms with Crippen LogP contribution in [0, 0.1) is 23.0 Å². The zero-order valence-corrected chi connectivity index (χ0v) is 15.9. The number of aryl methyl sites for hydroxylation is 1. The molecule has 0 aromatic heterocycles. The molecule has 9 nitrogen and oxygen atoms in total. The van der Waals surface area contributed by atoms with Crippen molar-refractivity contribution in [2.45, 2.75) is 39.2 Å². The van der Waals surface area contributed by atoms with Crippen molar-refractivity contribution >= 4 is 29.2 Å². The normalized spacial score (nSPS) is 23.1. The maximum atomic E-state index is 13.0. The van der Waals surface area contributed by atoms with Gasteiger partial charge in [-0.05, 0) is 44.9 Å². The lowest BCUT2D eigenvalue weighted by Crippen LogP contribution is -2.48. The average Bonchev–Trinajstić information content (AvgIpc) is 2.96. The predicted molar refractivity (Wildman–Crippen MR) is 99.7 cm³/mol. The summed E-state index contributed by atoms with van der Waals surface area (Å²) in [5.74, 6) is -1.27. The summed E-state index contributed by atoms with van der Waals surface area (Å²) in [7, 11) is 0. The Morgan fingerprint density at radius 3 is 2.75 bits per heavy atom. The van der Waals surface area contributed by atoms with Crippen LogP contribution in [0.25, 0.3) is 0 Å². The molecular weight excluding hydrogens is 366 g/mol. The fourth-order valence-corrected chi connectivity index (χ4v) is 3.90. The van der Waals surface area contributed by atoms with Crippen LogP contribution in [-0.2, 0) is 19.1 Å². The van der Waals surface area contributed by atoms with E-state index in [0.29, 0.717) is 37.4 Å². The maximum absolute atomic E-state index is 13.0. The Balaban J connectivity index is 1.78. The number of amides is 2. The minimum Gasteiger partial charge on any atom is -0.466 e. The van der Waals surface area contributed by atoms with E-state index in [2.05, 4.69) is 0 Å². The summed E-state index contributed by atoms with van der Waals surface area (Å²) in [5, 5.41) is 10.9. The third-order valence-corrected chi connectivity index (χ3v) is 5.27. The smallest absolute Gasteiger partial charge is 0.310 e. The van der Waals surface area contributed by atoms with Crippen molar-refractivity contribution in [3.05, 3.63) is 33.9 Å². The number of nitro benzene ring substituents is 1. The Morgan fingerprint density at radius 1 is 1.36 bits per heavy atom. The van der Waals surface area contributed by atoms with E-state index in [4.69, 9.17) is 4.74 Å². The van der Waals surface area contributed by atoms with Crippen LogP contribution in [-0.4, -0.2) is 53.3 Å². The quantitative estimate of drug-likeness (QED) is 0.327. The third kappa shape index (κ3) is 3.75. The Kier molecular flexibility index (Phi) is 5.73. The second-order valence-electron chi connectivity index (χ2n) is 7.10. The van der Waals surface area contributed by atoms with Crippen molar-refractivity contribution in [1.29, 1.82) is 0 Å². The molecule has 9 heteroatoms. The van der Waals surface area contributed by atoms with Crippen LogP contribution in [0.5, 0.6) is 0 Å². The molecule has 28 heavy (non-hydrogen) atoms. The summed E-state index contributed by atoms with van der Waals surface area (Å²) >= 11 is 0. The van der Waals surface area contributed by atoms with Gasteiger partial charge < -0.3 is 4.74 Å². The number of benzene rings is 1. The maximum Gasteiger partial charge on any atom is 0.310 e. The van der Waals surface area contributed by atoms with Crippen molar-refractivity contribution in [2.75, 3.05) is 24.6 Å². The summed E-state index contributed by atoms with van der Waals surface area (Å²) in [4.78, 5) is 51.0. The first-order valence-electron chi connectivity index (χ1n) is 9.36. The number of piperidine rings is 1. The minimum atomic E-state index is -0.626. The van der Waals surface area contributed by atoms with Gasteiger partial charge in [-0.25, -0.2) is 4.90 Å². The average molecular weight is 389 g/mol. The first-order chi connectivity index (χ1) is 13.3. The van der Waals surface area contributed by atoms with Gasteiger partial charge in [-0.1, -0.05) is 0 Å². The molecule has 0 radical (unpaired) electrons. The number of ether oxygens (including phenoxy) is 1. The number of carbonyl (C=O) groups is 3. The standard InChI is InChI=1S/C19H23N3O6/c1-3-28-19(25)13-5-4-8-20(11-13)16-10-17(23)21(18(16)24)15-7-6-14(22(26)27)9-12(15)2/h6-7,9,13,16H,3-5,8,10-11H2,1-2H3/t13-,16-/m0/s1. The molecule has 0 unspecified atom stereocenters. The number of nitrogens with zero attached hydrogens (tertiary/aromatic N) is 3. The first-order valence-corrected chi connectivity index (χ1v) is 9.36. The van der Waals surface area contributed by atoms with E-state index in [1.54, 1.807) is 13.8 Å². The van der Waals surface area contributed by atoms with Gasteiger partial charge in [-0.15, -0.1) is 0 Å². The molecule has 0 N–H and O–H groups in total. The zero-order chi connectivity index (χ0) is 20.4. The highest BCUT2D eigenvalue weighted by Gasteiger charge is 2.45. The number of likely N-dealkylation sites (tertiary alicyclic amines) is 1. The highest BCUT2D eigenvalue weighted by atomic mass is 16.6. The van der Waals surface area contributed by atoms with Crippen LogP contribution in [0.3, 0.4) is 0 Å². The van der Waals surface area contributed by atoms with Crippen molar-refractivity contribution in [2.24, 2.45) is 5.92 Å². The van der Waals surface area contributed by atoms with Gasteiger partial charge in [0.1, 0.15) is 0 Å². The lowest BCUT2D eigenvalue weighted by Gasteiger charge is -2.34. The first kappa shape index (κ1) is 19.9. The largest absolute Gasteiger partial charge is 0.466 e. The molecule has 2 aliphatic heterocycles. The molecule has 1 aromatic carbocycles. The fraction of sp³-hybridized carbons (Fsp3) is 0.526. The number of anilines is 1. The molecule has 2 saturated heterocycles. The summed E-state index contributed by atoms with van der Waals surface area (Å²) < 4.78 is 5.09. The topological polar surface area (TPSA) is 110 Å². The molecule has 3 rings (SSSR count). The second kappa shape index (κ2) is 8.05. The van der Waals surface area contributed by atoms with E-state index >= 15 is 0 Å². The number of hydrogen-bond donors (Lipinski definition) is 0. The van der Waals surface area contributed by atoms with Crippen LogP contribution in [0.15, 0.2) is 18.2 Å². The predicted octanol–water partition coefficient (Wildman–Crippen LogP) is 1.81. The summed E-state index contributed by atoms with van der Waals surface area (Å²) in [6, 6.07) is 3.44. The molecule has 2 atom stereocenters. The van der Waals surface area contributed by atoms with E-state index in [1.807, 2.05) is 4.90 Å². The van der Waals surface area contributed by atoms with Crippen LogP contribution < -0.4 is 4.90 Å². The van der Waals surface area contributed by atoms with E-state index in [0.717, 1.165) is 11.3 Å². The number of hydrogen-bond acceptors (Lipinski definition) is 7. The van der Waals surface area contributed by atoms with Crippen LogP contribution in [0.1, 0.15) is 31.7 Å². The van der Waals surface area contributed by atoms with Crippen LogP contribution >= 0.6 is 0 Å². The third-order valence-electron chi connectivity index (χ3n) is 5.27. The molecular formula is C19H23N3O6. The van der Waals surface area contributed by atoms with Crippen LogP contribution in [0.2, 0.25) is 0 Å². The number of esters is 1. The Hall–Kier alpha value is -2.81. The summed E-state index contributed by atoms with van der Waals surface area (Å²) in [5.41, 5.74) is 0.756. The monoisotopic (exact) mass is 389 g/mol. The SMILES string of the molecule is CCOC(=O)[C@H]1CCCN([C@H]2CC(=O)N(c3ccc([N+](=O)[O-])cc3C)C2=O)C1. The number of nitro groups is 1. The lowest BCUT2D eigenvalue weighted by molar-refractivity contribution is -0.384. The highest BCUT2D eigenvalue weighted by molar-refractivity contribution is 6.22. The van der Waals surface area contributed by atoms with E-state index in [9.17, 15) is 24.5 Å². The summed E-state index contributed by atoms with van der Waals surface area (Å²) in [6.07, 6.45) is 1.48. The van der Waals surface area contributed by atoms with Gasteiger partial charge in [0.2, 0.25) is 5.91 Å². The van der Waals surface area contributed by atoms with Gasteiger partial charge in [-0.3, -0.25) is 29.4 Å². The van der Waals surface area contributed by atoms with Crippen molar-refractivity contribution < 1.29 is 24.0 Å². The number of rotatable bonds is 5. The Bertz CT molecular complexity index is 824. The van der Waals surface area contributed by atoms with Crippen LogP contribution in [0.4, 0.5) is 11.4 Å². The van der Waals surface area contributed by atoms with Gasteiger partial charge in [0, 0.05) is 18.7 Å². The fourth-order valence-electron chi connectivity index (χ4n) is 3.90. The minimum absolute atomic E-state index is 0.0325. The Morgan fingerprint density at radius 2 is 2.11 bits per heavy atom. The Labute approximate surface area is 162 Å². The molecule has 0 aliphatic carbocycles. The number of carbonyl (C=O) groups excluding carboxylic acids is 3. The molecule has 0 bridgehead atoms. The summed E-state index contributed by atoms with van der Waals surface area (Å²) in [6.45, 7) is 4.71. The van der Waals surface area contributed by atoms with E-state index in [1.165, 1.54) is 18.2 Å². The van der Waals surface area contributed by atoms with Gasteiger partial charge in [0.25, 0.3) is 11.6 Å². The second-order valence-corrected chi connectivity index (χ2v) is 7.10. The van der Waals surface area contributed by atoms with Gasteiger partial charge in [-0.2, -0.15) is 0 Å². The van der Waals surface area contributed by atoms with Gasteiger partial charge >= 0.3 is 5.97 Å². The van der Waals surface area contributed by atoms with Crippen molar-refractivity contribution in [3.8, 4) is 0 Å². The van der Waals surface area contributed by atoms with Gasteiger partial charge in [0.05, 0.1) is 35.6 Å². The lowest BCUT2D eigenvalue weighted by atomic mass is 9.96. The number of imide groups is 1. The van der Waals surface area contributed by atoms with E-state index < -0.39 is 11.0 Å². The van der Waals surface area contributed by atoms with Crippen molar-refractivity contribution in [3.63, 3.8) is 0 Å². The van der Waals surface area contributed by atoms with E-state index in [-0.39, 0.29) is 35.8 Å². The molecule has 0 spiro atoms. The van der Waals surface area contributed by atoms with Gasteiger partial charge in [0.15, 0.2) is 0 Å².